The molecule has 0 amide bonds. The van der Waals surface area contributed by atoms with E-state index < -0.39 is 50.3 Å². The van der Waals surface area contributed by atoms with Crippen LogP contribution in [0.25, 0.3) is 0 Å². The highest BCUT2D eigenvalue weighted by Crippen LogP contribution is 2.36. The van der Waals surface area contributed by atoms with Gasteiger partial charge in [0.15, 0.2) is 13.3 Å². The third-order valence-electron chi connectivity index (χ3n) is 1.97. The van der Waals surface area contributed by atoms with E-state index in [1.165, 1.54) is 0 Å². The fourth-order valence-electron chi connectivity index (χ4n) is 0.973. The van der Waals surface area contributed by atoms with Crippen molar-refractivity contribution in [3.8, 4) is 0 Å². The lowest BCUT2D eigenvalue weighted by atomic mass is 10.1. The number of ether oxygens (including phenoxy) is 1. The average Bonchev–Trinajstić information content (AvgIpc) is 2.36. The minimum absolute atomic E-state index is 2.76. The molecule has 0 aromatic rings. The fourth-order valence-corrected chi connectivity index (χ4v) is 0.973. The van der Waals surface area contributed by atoms with Gasteiger partial charge >= 0.3 is 0 Å². The van der Waals surface area contributed by atoms with Crippen molar-refractivity contribution in [1.82, 2.24) is 0 Å². The molecule has 0 aromatic carbocycles. The van der Waals surface area contributed by atoms with E-state index in [1.54, 1.807) is 0 Å². The first kappa shape index (κ1) is 18.3. The first-order valence-corrected chi connectivity index (χ1v) is 4.58. The highest BCUT2D eigenvalue weighted by atomic mass is 19.3. The van der Waals surface area contributed by atoms with Gasteiger partial charge in [0.25, 0.3) is 24.6 Å². The molecule has 116 valence electrons. The third kappa shape index (κ3) is 4.11. The Labute approximate surface area is 100 Å². The molecular formula is C8H8F10O. The summed E-state index contributed by atoms with van der Waals surface area (Å²) in [5.41, 5.74) is 0. The second-order valence-corrected chi connectivity index (χ2v) is 3.41. The molecule has 11 heteroatoms. The molecule has 0 aliphatic heterocycles. The van der Waals surface area contributed by atoms with Crippen molar-refractivity contribution >= 4 is 0 Å². The van der Waals surface area contributed by atoms with Crippen molar-refractivity contribution in [2.24, 2.45) is 0 Å². The van der Waals surface area contributed by atoms with E-state index >= 15 is 0 Å². The molecule has 19 heavy (non-hydrogen) atoms. The van der Waals surface area contributed by atoms with E-state index in [1.807, 2.05) is 0 Å². The first-order chi connectivity index (χ1) is 8.54. The summed E-state index contributed by atoms with van der Waals surface area (Å²) < 4.78 is 126. The van der Waals surface area contributed by atoms with Gasteiger partial charge in [-0.1, -0.05) is 0 Å². The molecular weight excluding hydrogens is 302 g/mol. The Bertz CT molecular complexity index is 250. The second kappa shape index (κ2) is 6.62. The molecule has 0 saturated heterocycles. The van der Waals surface area contributed by atoms with E-state index in [2.05, 4.69) is 4.74 Å². The van der Waals surface area contributed by atoms with Crippen LogP contribution in [0.2, 0.25) is 0 Å². The summed E-state index contributed by atoms with van der Waals surface area (Å²) in [5.74, 6) is -9.59. The Kier molecular flexibility index (Phi) is 6.36. The van der Waals surface area contributed by atoms with Crippen molar-refractivity contribution in [2.75, 3.05) is 13.3 Å². The van der Waals surface area contributed by atoms with Crippen LogP contribution in [0.3, 0.4) is 0 Å². The van der Waals surface area contributed by atoms with Gasteiger partial charge in [-0.15, -0.1) is 0 Å². The van der Waals surface area contributed by atoms with Crippen molar-refractivity contribution in [2.45, 2.75) is 36.9 Å². The topological polar surface area (TPSA) is 9.23 Å². The lowest BCUT2D eigenvalue weighted by Gasteiger charge is -2.34. The number of rotatable bonds is 8. The van der Waals surface area contributed by atoms with Crippen molar-refractivity contribution in [3.63, 3.8) is 0 Å². The maximum Gasteiger partial charge on any atom is 0.277 e. The van der Waals surface area contributed by atoms with Crippen LogP contribution in [0, 0.1) is 0 Å². The fraction of sp³-hybridized carbons (Fsp3) is 1.00. The van der Waals surface area contributed by atoms with Crippen LogP contribution in [-0.4, -0.2) is 50.3 Å². The number of hydrogen-bond donors (Lipinski definition) is 0. The minimum Gasteiger partial charge on any atom is -0.299 e. The van der Waals surface area contributed by atoms with Crippen LogP contribution >= 0.6 is 0 Å². The Morgan fingerprint density at radius 3 is 1.11 bits per heavy atom. The summed E-state index contributed by atoms with van der Waals surface area (Å²) in [6.45, 7) is -5.53. The van der Waals surface area contributed by atoms with Gasteiger partial charge in [0.2, 0.25) is 12.3 Å². The largest absolute Gasteiger partial charge is 0.299 e. The quantitative estimate of drug-likeness (QED) is 0.624. The molecule has 4 unspecified atom stereocenters. The van der Waals surface area contributed by atoms with E-state index in [0.717, 1.165) is 0 Å². The number of alkyl halides is 10. The average molecular weight is 310 g/mol. The molecule has 0 aromatic heterocycles. The van der Waals surface area contributed by atoms with E-state index in [0.29, 0.717) is 0 Å². The Balaban J connectivity index is 5.21. The van der Waals surface area contributed by atoms with Gasteiger partial charge in [-0.2, -0.15) is 0 Å². The molecule has 0 N–H and O–H groups in total. The van der Waals surface area contributed by atoms with E-state index in [-0.39, 0.29) is 0 Å². The number of halogens is 10. The molecule has 0 aliphatic rings. The van der Waals surface area contributed by atoms with Crippen LogP contribution in [0.4, 0.5) is 43.9 Å². The normalized spacial score (nSPS) is 22.1. The van der Waals surface area contributed by atoms with Gasteiger partial charge in [-0.3, -0.25) is 4.74 Å². The molecule has 0 spiro atoms. The third-order valence-corrected chi connectivity index (χ3v) is 1.97. The molecule has 0 heterocycles. The predicted molar refractivity (Wildman–Crippen MR) is 42.5 cm³/mol. The Hall–Kier alpha value is -0.740. The standard InChI is InChI=1S/C8H8F10O/c9-1-7(17,3(11)5(13)14)19-8(18,2-10)4(12)6(15)16/h3-6H,1-2H2. The molecule has 0 rings (SSSR count). The molecule has 0 aliphatic carbocycles. The van der Waals surface area contributed by atoms with Gasteiger partial charge in [-0.05, 0) is 0 Å². The maximum atomic E-state index is 13.2. The predicted octanol–water partition coefficient (Wildman–Crippen LogP) is 3.48. The van der Waals surface area contributed by atoms with E-state index in [4.69, 9.17) is 0 Å². The highest BCUT2D eigenvalue weighted by molar-refractivity contribution is 4.88. The summed E-state index contributed by atoms with van der Waals surface area (Å²) in [6.07, 6.45) is -16.7. The van der Waals surface area contributed by atoms with Gasteiger partial charge in [0.1, 0.15) is 0 Å². The summed E-state index contributed by atoms with van der Waals surface area (Å²) >= 11 is 0. The molecule has 0 radical (unpaired) electrons. The summed E-state index contributed by atoms with van der Waals surface area (Å²) in [7, 11) is 0. The second-order valence-electron chi connectivity index (χ2n) is 3.41. The summed E-state index contributed by atoms with van der Waals surface area (Å²) in [4.78, 5) is 0. The van der Waals surface area contributed by atoms with Crippen molar-refractivity contribution in [1.29, 1.82) is 0 Å². The summed E-state index contributed by atoms with van der Waals surface area (Å²) in [6, 6.07) is 0. The van der Waals surface area contributed by atoms with Gasteiger partial charge in [0.05, 0.1) is 0 Å². The zero-order valence-corrected chi connectivity index (χ0v) is 8.91. The maximum absolute atomic E-state index is 13.2. The van der Waals surface area contributed by atoms with Crippen molar-refractivity contribution < 1.29 is 48.6 Å². The van der Waals surface area contributed by atoms with Crippen LogP contribution in [0.5, 0.6) is 0 Å². The van der Waals surface area contributed by atoms with Crippen LogP contribution in [0.1, 0.15) is 0 Å². The zero-order valence-electron chi connectivity index (χ0n) is 8.91. The Morgan fingerprint density at radius 2 is 0.947 bits per heavy atom. The van der Waals surface area contributed by atoms with E-state index in [9.17, 15) is 43.9 Å². The molecule has 1 nitrogen and oxygen atoms in total. The van der Waals surface area contributed by atoms with Crippen LogP contribution in [-0.2, 0) is 4.74 Å². The van der Waals surface area contributed by atoms with Crippen LogP contribution < -0.4 is 0 Å². The summed E-state index contributed by atoms with van der Waals surface area (Å²) in [5, 5.41) is 0. The van der Waals surface area contributed by atoms with Gasteiger partial charge < -0.3 is 0 Å². The van der Waals surface area contributed by atoms with Gasteiger partial charge in [-0.25, -0.2) is 43.9 Å². The van der Waals surface area contributed by atoms with Gasteiger partial charge in [0, 0.05) is 0 Å². The molecule has 0 saturated carbocycles. The molecule has 4 atom stereocenters. The number of hydrogen-bond acceptors (Lipinski definition) is 1. The first-order valence-electron chi connectivity index (χ1n) is 4.58. The minimum atomic E-state index is -4.80. The Morgan fingerprint density at radius 1 is 0.684 bits per heavy atom. The zero-order chi connectivity index (χ0) is 15.4. The molecule has 0 fully saturated rings. The van der Waals surface area contributed by atoms with Crippen LogP contribution in [0.15, 0.2) is 0 Å². The monoisotopic (exact) mass is 310 g/mol. The molecule has 0 bridgehead atoms. The lowest BCUT2D eigenvalue weighted by molar-refractivity contribution is -0.338. The lowest BCUT2D eigenvalue weighted by Crippen LogP contribution is -2.55. The van der Waals surface area contributed by atoms with Crippen molar-refractivity contribution in [3.05, 3.63) is 0 Å². The SMILES string of the molecule is FCC(F)(OC(F)(CF)C(F)C(F)F)C(F)C(F)F. The smallest absolute Gasteiger partial charge is 0.277 e. The highest BCUT2D eigenvalue weighted by Gasteiger charge is 2.58.